The molecular formula is C14H18N2O3. The molecule has 1 aromatic heterocycles. The maximum Gasteiger partial charge on any atom is 0.222 e. The van der Waals surface area contributed by atoms with E-state index in [4.69, 9.17) is 4.42 Å². The molecule has 102 valence electrons. The molecular weight excluding hydrogens is 244 g/mol. The molecule has 1 amide bonds. The molecule has 19 heavy (non-hydrogen) atoms. The predicted octanol–water partition coefficient (Wildman–Crippen LogP) is 1.50. The maximum absolute atomic E-state index is 11.2. The standard InChI is InChI=1S/C14H18N2O3/c1-9(11(17)8-13(18)15-2)7-14-16-10-5-3-4-6-12(10)19-14/h3-6,9,11,17H,7-8H2,1-2H3,(H,15,18)/t9-,11+/m1/s1. The summed E-state index contributed by atoms with van der Waals surface area (Å²) in [6.45, 7) is 1.88. The summed E-state index contributed by atoms with van der Waals surface area (Å²) in [4.78, 5) is 15.6. The van der Waals surface area contributed by atoms with Crippen LogP contribution in [0.4, 0.5) is 0 Å². The average Bonchev–Trinajstić information content (AvgIpc) is 2.80. The number of hydrogen-bond acceptors (Lipinski definition) is 4. The number of carbonyl (C=O) groups excluding carboxylic acids is 1. The third kappa shape index (κ3) is 3.32. The second-order valence-electron chi connectivity index (χ2n) is 4.70. The molecule has 0 spiro atoms. The number of benzene rings is 1. The lowest BCUT2D eigenvalue weighted by atomic mass is 9.98. The van der Waals surface area contributed by atoms with Gasteiger partial charge in [-0.1, -0.05) is 19.1 Å². The second kappa shape index (κ2) is 5.84. The highest BCUT2D eigenvalue weighted by Crippen LogP contribution is 2.19. The Hall–Kier alpha value is -1.88. The summed E-state index contributed by atoms with van der Waals surface area (Å²) >= 11 is 0. The van der Waals surface area contributed by atoms with Gasteiger partial charge in [-0.05, 0) is 18.1 Å². The van der Waals surface area contributed by atoms with Gasteiger partial charge in [0.25, 0.3) is 0 Å². The fourth-order valence-electron chi connectivity index (χ4n) is 1.91. The van der Waals surface area contributed by atoms with E-state index in [9.17, 15) is 9.90 Å². The van der Waals surface area contributed by atoms with Crippen molar-refractivity contribution in [1.82, 2.24) is 10.3 Å². The van der Waals surface area contributed by atoms with E-state index in [2.05, 4.69) is 10.3 Å². The van der Waals surface area contributed by atoms with Gasteiger partial charge in [0.2, 0.25) is 5.91 Å². The van der Waals surface area contributed by atoms with Gasteiger partial charge in [-0.15, -0.1) is 0 Å². The number of rotatable bonds is 5. The number of nitrogens with one attached hydrogen (secondary N) is 1. The highest BCUT2D eigenvalue weighted by atomic mass is 16.3. The molecule has 2 aromatic rings. The van der Waals surface area contributed by atoms with Crippen LogP contribution in [0.5, 0.6) is 0 Å². The molecule has 1 aromatic carbocycles. The van der Waals surface area contributed by atoms with Crippen LogP contribution in [0.25, 0.3) is 11.1 Å². The van der Waals surface area contributed by atoms with E-state index >= 15 is 0 Å². The first-order valence-electron chi connectivity index (χ1n) is 6.33. The smallest absolute Gasteiger partial charge is 0.222 e. The van der Waals surface area contributed by atoms with Crippen LogP contribution in [-0.4, -0.2) is 29.1 Å². The second-order valence-corrected chi connectivity index (χ2v) is 4.70. The molecule has 0 aliphatic carbocycles. The molecule has 0 saturated heterocycles. The van der Waals surface area contributed by atoms with Crippen LogP contribution in [0.15, 0.2) is 28.7 Å². The van der Waals surface area contributed by atoms with Gasteiger partial charge >= 0.3 is 0 Å². The molecule has 0 aliphatic heterocycles. The Morgan fingerprint density at radius 1 is 1.47 bits per heavy atom. The lowest BCUT2D eigenvalue weighted by molar-refractivity contribution is -0.123. The normalized spacial score (nSPS) is 14.3. The Balaban J connectivity index is 2.01. The molecule has 5 nitrogen and oxygen atoms in total. The van der Waals surface area contributed by atoms with Crippen molar-refractivity contribution in [3.05, 3.63) is 30.2 Å². The lowest BCUT2D eigenvalue weighted by Gasteiger charge is -2.16. The molecule has 0 aliphatic rings. The van der Waals surface area contributed by atoms with Gasteiger partial charge in [0.1, 0.15) is 5.52 Å². The Morgan fingerprint density at radius 2 is 2.21 bits per heavy atom. The van der Waals surface area contributed by atoms with E-state index in [0.29, 0.717) is 12.3 Å². The quantitative estimate of drug-likeness (QED) is 0.856. The van der Waals surface area contributed by atoms with Crippen LogP contribution < -0.4 is 5.32 Å². The number of para-hydroxylation sites is 2. The highest BCUT2D eigenvalue weighted by Gasteiger charge is 2.20. The van der Waals surface area contributed by atoms with Gasteiger partial charge in [-0.3, -0.25) is 4.79 Å². The molecule has 2 atom stereocenters. The molecule has 2 rings (SSSR count). The van der Waals surface area contributed by atoms with Crippen molar-refractivity contribution in [2.24, 2.45) is 5.92 Å². The zero-order valence-corrected chi connectivity index (χ0v) is 11.1. The van der Waals surface area contributed by atoms with Crippen molar-refractivity contribution >= 4 is 17.0 Å². The number of carbonyl (C=O) groups is 1. The number of hydrogen-bond donors (Lipinski definition) is 2. The molecule has 0 bridgehead atoms. The Bertz CT molecular complexity index is 532. The van der Waals surface area contributed by atoms with Crippen LogP contribution in [0, 0.1) is 5.92 Å². The third-order valence-corrected chi connectivity index (χ3v) is 3.16. The summed E-state index contributed by atoms with van der Waals surface area (Å²) in [6, 6.07) is 7.53. The maximum atomic E-state index is 11.2. The fraction of sp³-hybridized carbons (Fsp3) is 0.429. The van der Waals surface area contributed by atoms with Gasteiger partial charge in [0, 0.05) is 13.5 Å². The molecule has 2 N–H and O–H groups in total. The van der Waals surface area contributed by atoms with Crippen LogP contribution in [0.1, 0.15) is 19.2 Å². The van der Waals surface area contributed by atoms with Crippen molar-refractivity contribution in [3.63, 3.8) is 0 Å². The van der Waals surface area contributed by atoms with E-state index in [1.165, 1.54) is 0 Å². The summed E-state index contributed by atoms with van der Waals surface area (Å²) in [5, 5.41) is 12.4. The summed E-state index contributed by atoms with van der Waals surface area (Å²) in [5.74, 6) is 0.326. The Morgan fingerprint density at radius 3 is 2.89 bits per heavy atom. The molecule has 1 heterocycles. The van der Waals surface area contributed by atoms with Crippen LogP contribution >= 0.6 is 0 Å². The first-order chi connectivity index (χ1) is 9.10. The Labute approximate surface area is 111 Å². The first-order valence-corrected chi connectivity index (χ1v) is 6.33. The lowest BCUT2D eigenvalue weighted by Crippen LogP contribution is -2.28. The number of aliphatic hydroxyl groups is 1. The number of oxazole rings is 1. The summed E-state index contributed by atoms with van der Waals surface area (Å²) in [7, 11) is 1.56. The highest BCUT2D eigenvalue weighted by molar-refractivity contribution is 5.76. The van der Waals surface area contributed by atoms with Crippen molar-refractivity contribution < 1.29 is 14.3 Å². The Kier molecular flexibility index (Phi) is 4.16. The summed E-state index contributed by atoms with van der Waals surface area (Å²) < 4.78 is 5.60. The van der Waals surface area contributed by atoms with Crippen molar-refractivity contribution in [2.45, 2.75) is 25.9 Å². The van der Waals surface area contributed by atoms with Crippen LogP contribution in [-0.2, 0) is 11.2 Å². The zero-order chi connectivity index (χ0) is 13.8. The topological polar surface area (TPSA) is 75.4 Å². The van der Waals surface area contributed by atoms with Crippen LogP contribution in [0.2, 0.25) is 0 Å². The van der Waals surface area contributed by atoms with E-state index in [1.54, 1.807) is 7.05 Å². The number of nitrogens with zero attached hydrogens (tertiary/aromatic N) is 1. The molecule has 5 heteroatoms. The SMILES string of the molecule is CNC(=O)C[C@H](O)[C@H](C)Cc1nc2ccccc2o1. The monoisotopic (exact) mass is 262 g/mol. The van der Waals surface area contributed by atoms with E-state index in [0.717, 1.165) is 11.1 Å². The minimum Gasteiger partial charge on any atom is -0.441 e. The van der Waals surface area contributed by atoms with Crippen LogP contribution in [0.3, 0.4) is 0 Å². The van der Waals surface area contributed by atoms with Crippen molar-refractivity contribution in [1.29, 1.82) is 0 Å². The van der Waals surface area contributed by atoms with Crippen molar-refractivity contribution in [2.75, 3.05) is 7.05 Å². The molecule has 0 fully saturated rings. The minimum absolute atomic E-state index is 0.0923. The van der Waals surface area contributed by atoms with Gasteiger partial charge in [-0.25, -0.2) is 4.98 Å². The molecule has 0 saturated carbocycles. The fourth-order valence-corrected chi connectivity index (χ4v) is 1.91. The van der Waals surface area contributed by atoms with E-state index in [-0.39, 0.29) is 18.2 Å². The first kappa shape index (κ1) is 13.5. The van der Waals surface area contributed by atoms with Crippen molar-refractivity contribution in [3.8, 4) is 0 Å². The average molecular weight is 262 g/mol. The predicted molar refractivity (Wildman–Crippen MR) is 71.6 cm³/mol. The van der Waals surface area contributed by atoms with E-state index < -0.39 is 6.10 Å². The number of fused-ring (bicyclic) bond motifs is 1. The zero-order valence-electron chi connectivity index (χ0n) is 11.1. The number of aliphatic hydroxyl groups excluding tert-OH is 1. The van der Waals surface area contributed by atoms with Gasteiger partial charge in [0.05, 0.1) is 12.5 Å². The van der Waals surface area contributed by atoms with Gasteiger partial charge in [-0.2, -0.15) is 0 Å². The molecule has 0 unspecified atom stereocenters. The minimum atomic E-state index is -0.699. The number of aromatic nitrogens is 1. The summed E-state index contributed by atoms with van der Waals surface area (Å²) in [6.07, 6.45) is -0.0972. The largest absolute Gasteiger partial charge is 0.441 e. The van der Waals surface area contributed by atoms with E-state index in [1.807, 2.05) is 31.2 Å². The third-order valence-electron chi connectivity index (χ3n) is 3.16. The van der Waals surface area contributed by atoms with Gasteiger partial charge < -0.3 is 14.8 Å². The number of amides is 1. The van der Waals surface area contributed by atoms with Gasteiger partial charge in [0.15, 0.2) is 11.5 Å². The molecule has 0 radical (unpaired) electrons. The summed E-state index contributed by atoms with van der Waals surface area (Å²) in [5.41, 5.74) is 1.55.